The minimum absolute atomic E-state index is 0.0591. The average Bonchev–Trinajstić information content (AvgIpc) is 2.76. The van der Waals surface area contributed by atoms with Crippen LogP contribution in [0, 0.1) is 0 Å². The van der Waals surface area contributed by atoms with Gasteiger partial charge in [-0.1, -0.05) is 31.2 Å². The monoisotopic (exact) mass is 456 g/mol. The van der Waals surface area contributed by atoms with Crippen molar-refractivity contribution in [1.29, 1.82) is 0 Å². The number of rotatable bonds is 12. The molecule has 0 unspecified atom stereocenters. The van der Waals surface area contributed by atoms with Crippen molar-refractivity contribution in [3.05, 3.63) is 59.7 Å². The standard InChI is InChI=1S/C24H32N4O5/c1-24(16-6-10-18(29)11-7-16,17-8-12-19(30)13-9-17)14-2-5-21(31)28-20(22(32)33)4-3-15-27-23(25)26/h6-13,20,29-30H,2-5,14-15H2,1H3,(H,28,31)(H,32,33)(H4,25,26,27)/t20-/m0/s1. The Balaban J connectivity index is 2.02. The molecule has 178 valence electrons. The highest BCUT2D eigenvalue weighted by molar-refractivity contribution is 5.83. The Hall–Kier alpha value is -3.75. The number of amides is 1. The summed E-state index contributed by atoms with van der Waals surface area (Å²) in [5, 5.41) is 31.3. The fourth-order valence-electron chi connectivity index (χ4n) is 3.74. The lowest BCUT2D eigenvalue weighted by Crippen LogP contribution is -2.41. The van der Waals surface area contributed by atoms with Gasteiger partial charge in [0.05, 0.1) is 0 Å². The minimum atomic E-state index is -1.11. The van der Waals surface area contributed by atoms with Gasteiger partial charge in [0.1, 0.15) is 17.5 Å². The van der Waals surface area contributed by atoms with Crippen LogP contribution in [0.1, 0.15) is 50.2 Å². The second-order valence-electron chi connectivity index (χ2n) is 8.19. The normalized spacial score (nSPS) is 12.0. The first kappa shape index (κ1) is 25.5. The molecule has 2 aromatic rings. The van der Waals surface area contributed by atoms with E-state index in [1.54, 1.807) is 24.3 Å². The van der Waals surface area contributed by atoms with Crippen LogP contribution in [-0.2, 0) is 15.0 Å². The number of carbonyl (C=O) groups is 2. The van der Waals surface area contributed by atoms with Crippen molar-refractivity contribution in [2.75, 3.05) is 6.54 Å². The number of aliphatic imine (C=N–C) groups is 1. The quantitative estimate of drug-likeness (QED) is 0.161. The predicted octanol–water partition coefficient (Wildman–Crippen LogP) is 2.20. The Morgan fingerprint density at radius 3 is 1.94 bits per heavy atom. The number of phenols is 2. The molecule has 1 atom stereocenters. The summed E-state index contributed by atoms with van der Waals surface area (Å²) < 4.78 is 0. The maximum absolute atomic E-state index is 12.4. The van der Waals surface area contributed by atoms with Crippen molar-refractivity contribution >= 4 is 17.8 Å². The number of phenolic OH excluding ortho intramolecular Hbond substituents is 2. The Kier molecular flexibility index (Phi) is 9.08. The summed E-state index contributed by atoms with van der Waals surface area (Å²) in [5.74, 6) is -1.19. The smallest absolute Gasteiger partial charge is 0.326 e. The number of carboxylic acid groups (broad SMARTS) is 1. The van der Waals surface area contributed by atoms with Crippen molar-refractivity contribution in [1.82, 2.24) is 5.32 Å². The van der Waals surface area contributed by atoms with E-state index in [1.807, 2.05) is 31.2 Å². The van der Waals surface area contributed by atoms with Crippen molar-refractivity contribution in [2.45, 2.75) is 50.5 Å². The third-order valence-electron chi connectivity index (χ3n) is 5.67. The van der Waals surface area contributed by atoms with Gasteiger partial charge in [-0.25, -0.2) is 4.79 Å². The number of benzene rings is 2. The Bertz CT molecular complexity index is 908. The molecule has 0 aliphatic heterocycles. The Labute approximate surface area is 193 Å². The zero-order valence-electron chi connectivity index (χ0n) is 18.7. The van der Waals surface area contributed by atoms with Gasteiger partial charge in [0.2, 0.25) is 5.91 Å². The van der Waals surface area contributed by atoms with Crippen LogP contribution in [0.2, 0.25) is 0 Å². The van der Waals surface area contributed by atoms with Crippen LogP contribution in [-0.4, -0.2) is 45.7 Å². The molecule has 2 aromatic carbocycles. The summed E-state index contributed by atoms with van der Waals surface area (Å²) in [6.07, 6.45) is 1.90. The summed E-state index contributed by atoms with van der Waals surface area (Å²) >= 11 is 0. The molecule has 9 nitrogen and oxygen atoms in total. The maximum Gasteiger partial charge on any atom is 0.326 e. The molecule has 2 rings (SSSR count). The van der Waals surface area contributed by atoms with E-state index in [2.05, 4.69) is 10.3 Å². The number of nitrogens with two attached hydrogens (primary N) is 2. The summed E-state index contributed by atoms with van der Waals surface area (Å²) in [4.78, 5) is 27.7. The molecule has 0 aromatic heterocycles. The highest BCUT2D eigenvalue weighted by Gasteiger charge is 2.29. The van der Waals surface area contributed by atoms with Gasteiger partial charge >= 0.3 is 5.97 Å². The molecule has 0 fully saturated rings. The first-order valence-electron chi connectivity index (χ1n) is 10.8. The molecular weight excluding hydrogens is 424 g/mol. The number of hydrogen-bond acceptors (Lipinski definition) is 5. The molecule has 0 aliphatic carbocycles. The van der Waals surface area contributed by atoms with Crippen LogP contribution < -0.4 is 16.8 Å². The van der Waals surface area contributed by atoms with Crippen LogP contribution >= 0.6 is 0 Å². The molecule has 0 saturated carbocycles. The van der Waals surface area contributed by atoms with Gasteiger partial charge in [-0.2, -0.15) is 0 Å². The van der Waals surface area contributed by atoms with Crippen LogP contribution in [0.3, 0.4) is 0 Å². The summed E-state index contributed by atoms with van der Waals surface area (Å²) in [6, 6.07) is 12.8. The van der Waals surface area contributed by atoms with Gasteiger partial charge in [-0.3, -0.25) is 9.79 Å². The Morgan fingerprint density at radius 2 is 1.48 bits per heavy atom. The number of aromatic hydroxyl groups is 2. The Morgan fingerprint density at radius 1 is 0.970 bits per heavy atom. The minimum Gasteiger partial charge on any atom is -0.508 e. The fourth-order valence-corrected chi connectivity index (χ4v) is 3.74. The molecule has 9 heteroatoms. The highest BCUT2D eigenvalue weighted by Crippen LogP contribution is 2.38. The zero-order chi connectivity index (χ0) is 24.4. The van der Waals surface area contributed by atoms with E-state index >= 15 is 0 Å². The lowest BCUT2D eigenvalue weighted by Gasteiger charge is -2.31. The third kappa shape index (κ3) is 7.71. The van der Waals surface area contributed by atoms with E-state index in [-0.39, 0.29) is 36.2 Å². The molecule has 0 bridgehead atoms. The van der Waals surface area contributed by atoms with Gasteiger partial charge in [-0.05, 0) is 61.1 Å². The number of carbonyl (C=O) groups excluding carboxylic acids is 1. The molecule has 0 spiro atoms. The van der Waals surface area contributed by atoms with Crippen LogP contribution in [0.25, 0.3) is 0 Å². The summed E-state index contributed by atoms with van der Waals surface area (Å²) in [7, 11) is 0. The van der Waals surface area contributed by atoms with E-state index in [0.717, 1.165) is 11.1 Å². The van der Waals surface area contributed by atoms with Crippen molar-refractivity contribution in [3.63, 3.8) is 0 Å². The van der Waals surface area contributed by atoms with Crippen molar-refractivity contribution in [3.8, 4) is 11.5 Å². The second-order valence-corrected chi connectivity index (χ2v) is 8.19. The SMILES string of the molecule is CC(CCCC(=O)N[C@@H](CCCN=C(N)N)C(=O)O)(c1ccc(O)cc1)c1ccc(O)cc1. The van der Waals surface area contributed by atoms with Crippen LogP contribution in [0.15, 0.2) is 53.5 Å². The number of nitrogens with zero attached hydrogens (tertiary/aromatic N) is 1. The van der Waals surface area contributed by atoms with Gasteiger partial charge in [0.15, 0.2) is 5.96 Å². The molecule has 33 heavy (non-hydrogen) atoms. The first-order chi connectivity index (χ1) is 15.6. The topological polar surface area (TPSA) is 171 Å². The molecular formula is C24H32N4O5. The summed E-state index contributed by atoms with van der Waals surface area (Å²) in [5.41, 5.74) is 11.9. The highest BCUT2D eigenvalue weighted by atomic mass is 16.4. The number of aliphatic carboxylic acids is 1. The number of guanidine groups is 1. The van der Waals surface area contributed by atoms with E-state index < -0.39 is 17.4 Å². The number of hydrogen-bond donors (Lipinski definition) is 6. The van der Waals surface area contributed by atoms with Crippen LogP contribution in [0.4, 0.5) is 0 Å². The third-order valence-corrected chi connectivity index (χ3v) is 5.67. The number of nitrogens with one attached hydrogen (secondary N) is 1. The van der Waals surface area contributed by atoms with Gasteiger partial charge in [0, 0.05) is 18.4 Å². The maximum atomic E-state index is 12.4. The van der Waals surface area contributed by atoms with Gasteiger partial charge in [-0.15, -0.1) is 0 Å². The first-order valence-corrected chi connectivity index (χ1v) is 10.8. The fraction of sp³-hybridized carbons (Fsp3) is 0.375. The van der Waals surface area contributed by atoms with E-state index in [9.17, 15) is 24.9 Å². The van der Waals surface area contributed by atoms with Crippen molar-refractivity contribution in [2.24, 2.45) is 16.5 Å². The van der Waals surface area contributed by atoms with Gasteiger partial charge < -0.3 is 32.1 Å². The molecule has 0 radical (unpaired) electrons. The number of carboxylic acids is 1. The lowest BCUT2D eigenvalue weighted by atomic mass is 9.72. The second kappa shape index (κ2) is 11.8. The van der Waals surface area contributed by atoms with E-state index in [0.29, 0.717) is 25.8 Å². The van der Waals surface area contributed by atoms with Crippen molar-refractivity contribution < 1.29 is 24.9 Å². The molecule has 0 heterocycles. The molecule has 8 N–H and O–H groups in total. The van der Waals surface area contributed by atoms with E-state index in [4.69, 9.17) is 11.5 Å². The zero-order valence-corrected chi connectivity index (χ0v) is 18.7. The van der Waals surface area contributed by atoms with Crippen LogP contribution in [0.5, 0.6) is 11.5 Å². The van der Waals surface area contributed by atoms with E-state index in [1.165, 1.54) is 0 Å². The summed E-state index contributed by atoms with van der Waals surface area (Å²) in [6.45, 7) is 2.33. The largest absolute Gasteiger partial charge is 0.508 e. The molecule has 0 saturated heterocycles. The lowest BCUT2D eigenvalue weighted by molar-refractivity contribution is -0.142. The average molecular weight is 457 g/mol. The predicted molar refractivity (Wildman–Crippen MR) is 126 cm³/mol. The van der Waals surface area contributed by atoms with Gasteiger partial charge in [0.25, 0.3) is 0 Å². The molecule has 0 aliphatic rings. The molecule has 1 amide bonds.